The van der Waals surface area contributed by atoms with Crippen molar-refractivity contribution in [3.63, 3.8) is 0 Å². The van der Waals surface area contributed by atoms with Gasteiger partial charge in [-0.05, 0) is 83.7 Å². The van der Waals surface area contributed by atoms with Crippen molar-refractivity contribution in [3.8, 4) is 17.3 Å². The van der Waals surface area contributed by atoms with Gasteiger partial charge in [-0.3, -0.25) is 0 Å². The van der Waals surface area contributed by atoms with E-state index in [0.29, 0.717) is 11.5 Å². The number of pyridine rings is 1. The fourth-order valence-corrected chi connectivity index (χ4v) is 9.38. The molecule has 7 aromatic carbocycles. The first-order valence-corrected chi connectivity index (χ1v) is 21.4. The van der Waals surface area contributed by atoms with Gasteiger partial charge in [-0.15, -0.1) is 48.1 Å². The molecule has 3 aromatic heterocycles. The monoisotopic (exact) mass is 1010 g/mol. The zero-order chi connectivity index (χ0) is 43.0. The van der Waals surface area contributed by atoms with Gasteiger partial charge in [0, 0.05) is 61.2 Å². The summed E-state index contributed by atoms with van der Waals surface area (Å²) in [5, 5.41) is 4.24. The zero-order valence-electron chi connectivity index (χ0n) is 36.5. The number of rotatable bonds is 7. The van der Waals surface area contributed by atoms with Crippen LogP contribution in [0.4, 0.5) is 11.4 Å². The molecule has 7 heteroatoms. The average molecular weight is 1010 g/mol. The molecule has 1 aliphatic heterocycles. The Kier molecular flexibility index (Phi) is 10.3. The van der Waals surface area contributed by atoms with E-state index in [-0.39, 0.29) is 26.5 Å². The summed E-state index contributed by atoms with van der Waals surface area (Å²) in [4.78, 5) is 9.57. The first kappa shape index (κ1) is 41.1. The standard InChI is InChI=1S/C57H45N4O2.Pt/c1-36-30-37(2)53(38(3)31-36)60-35-59(54(39-16-9-7-10-17-39)55(60)40-18-11-8-12-19-40)42-20-15-21-43(33-42)62-44-24-25-45-46-26-27-50-52(47-22-13-14-23-49(47)63-50)56(46)61(48(45)34-44)51-32-41(28-29-58-51)57(4,5)6;/h7-32,35H,1-6H3;/q-3;. The molecule has 0 saturated carbocycles. The molecule has 0 amide bonds. The zero-order valence-corrected chi connectivity index (χ0v) is 38.8. The van der Waals surface area contributed by atoms with Gasteiger partial charge in [0.25, 0.3) is 0 Å². The van der Waals surface area contributed by atoms with Crippen LogP contribution in [0.3, 0.4) is 0 Å². The van der Waals surface area contributed by atoms with Crippen molar-refractivity contribution < 1.29 is 30.2 Å². The van der Waals surface area contributed by atoms with Crippen molar-refractivity contribution in [2.45, 2.75) is 47.0 Å². The van der Waals surface area contributed by atoms with Crippen LogP contribution in [0.15, 0.2) is 162 Å². The molecule has 64 heavy (non-hydrogen) atoms. The molecule has 0 atom stereocenters. The van der Waals surface area contributed by atoms with E-state index in [1.165, 1.54) is 22.3 Å². The maximum atomic E-state index is 6.78. The molecule has 0 unspecified atom stereocenters. The maximum absolute atomic E-state index is 6.78. The van der Waals surface area contributed by atoms with E-state index in [1.54, 1.807) is 0 Å². The second-order valence-corrected chi connectivity index (χ2v) is 17.5. The second-order valence-electron chi connectivity index (χ2n) is 17.5. The SMILES string of the molecule is Cc1cc(C)c(N2[CH-]N(c3[c-]c(Oc4[c-]c5c(cc4)c4ccc6oc7ccccc7c6c4n5-c4cc(C(C)(C)C)ccn4)ccc3)C(c3ccccc3)=C2c2ccccc2)c(C)c1.[Pt]. The molecule has 0 radical (unpaired) electrons. The van der Waals surface area contributed by atoms with Crippen molar-refractivity contribution in [1.29, 1.82) is 0 Å². The van der Waals surface area contributed by atoms with Crippen LogP contribution in [-0.4, -0.2) is 9.55 Å². The fourth-order valence-electron chi connectivity index (χ4n) is 9.38. The largest absolute Gasteiger partial charge is 0.509 e. The van der Waals surface area contributed by atoms with Crippen LogP contribution in [0.2, 0.25) is 0 Å². The quantitative estimate of drug-likeness (QED) is 0.149. The van der Waals surface area contributed by atoms with Crippen LogP contribution >= 0.6 is 0 Å². The van der Waals surface area contributed by atoms with Crippen LogP contribution in [-0.2, 0) is 26.5 Å². The van der Waals surface area contributed by atoms with Crippen LogP contribution in [0.5, 0.6) is 11.5 Å². The molecule has 0 aliphatic carbocycles. The molecule has 1 aliphatic rings. The summed E-state index contributed by atoms with van der Waals surface area (Å²) in [5.74, 6) is 1.96. The molecule has 0 fully saturated rings. The van der Waals surface area contributed by atoms with E-state index in [2.05, 4.69) is 196 Å². The van der Waals surface area contributed by atoms with E-state index in [4.69, 9.17) is 14.1 Å². The number of furan rings is 1. The third-order valence-electron chi connectivity index (χ3n) is 12.1. The summed E-state index contributed by atoms with van der Waals surface area (Å²) < 4.78 is 15.4. The number of aryl methyl sites for hydroxylation is 3. The van der Waals surface area contributed by atoms with E-state index in [0.717, 1.165) is 83.5 Å². The number of ether oxygens (including phenoxy) is 1. The average Bonchev–Trinajstić information content (AvgIpc) is 3.96. The third-order valence-corrected chi connectivity index (χ3v) is 12.1. The summed E-state index contributed by atoms with van der Waals surface area (Å²) in [7, 11) is 0. The summed E-state index contributed by atoms with van der Waals surface area (Å²) in [6.45, 7) is 15.4. The number of nitrogens with zero attached hydrogens (tertiary/aromatic N) is 4. The fraction of sp³-hybridized carbons (Fsp3) is 0.123. The third kappa shape index (κ3) is 6.98. The van der Waals surface area contributed by atoms with E-state index in [9.17, 15) is 0 Å². The minimum atomic E-state index is -0.0774. The molecule has 4 heterocycles. The Labute approximate surface area is 388 Å². The molecule has 11 rings (SSSR count). The Morgan fingerprint density at radius 2 is 1.27 bits per heavy atom. The number of hydrogen-bond acceptors (Lipinski definition) is 5. The Morgan fingerprint density at radius 1 is 0.609 bits per heavy atom. The molecule has 0 N–H and O–H groups in total. The van der Waals surface area contributed by atoms with Gasteiger partial charge in [0.1, 0.15) is 17.0 Å². The smallest absolute Gasteiger partial charge is 0.137 e. The molecular weight excluding hydrogens is 968 g/mol. The van der Waals surface area contributed by atoms with Crippen LogP contribution < -0.4 is 14.5 Å². The minimum Gasteiger partial charge on any atom is -0.509 e. The van der Waals surface area contributed by atoms with Crippen molar-refractivity contribution in [1.82, 2.24) is 9.55 Å². The number of anilines is 2. The van der Waals surface area contributed by atoms with Gasteiger partial charge >= 0.3 is 0 Å². The van der Waals surface area contributed by atoms with Crippen LogP contribution in [0, 0.1) is 39.6 Å². The number of fused-ring (bicyclic) bond motifs is 7. The second kappa shape index (κ2) is 16.0. The first-order valence-electron chi connectivity index (χ1n) is 21.4. The van der Waals surface area contributed by atoms with Gasteiger partial charge in [0.2, 0.25) is 0 Å². The van der Waals surface area contributed by atoms with Gasteiger partial charge in [0.05, 0.1) is 10.9 Å². The normalized spacial score (nSPS) is 13.2. The summed E-state index contributed by atoms with van der Waals surface area (Å²) in [6.07, 6.45) is 1.90. The molecule has 0 bridgehead atoms. The predicted molar refractivity (Wildman–Crippen MR) is 258 cm³/mol. The topological polar surface area (TPSA) is 46.7 Å². The molecule has 10 aromatic rings. The molecule has 0 saturated heterocycles. The Hall–Kier alpha value is -6.88. The molecule has 6 nitrogen and oxygen atoms in total. The van der Waals surface area contributed by atoms with E-state index >= 15 is 0 Å². The number of hydrogen-bond donors (Lipinski definition) is 0. The van der Waals surface area contributed by atoms with Gasteiger partial charge in [-0.2, -0.15) is 12.1 Å². The van der Waals surface area contributed by atoms with Gasteiger partial charge in [-0.1, -0.05) is 129 Å². The maximum Gasteiger partial charge on any atom is 0.137 e. The first-order chi connectivity index (χ1) is 30.6. The molecule has 0 spiro atoms. The van der Waals surface area contributed by atoms with Crippen molar-refractivity contribution in [3.05, 3.63) is 210 Å². The van der Waals surface area contributed by atoms with Gasteiger partial charge in [-0.25, -0.2) is 4.98 Å². The van der Waals surface area contributed by atoms with Crippen LogP contribution in [0.25, 0.3) is 61.0 Å². The molecular formula is C57H45N4O2Pt-3. The number of benzene rings is 7. The Morgan fingerprint density at radius 3 is 1.98 bits per heavy atom. The Balaban J connectivity index is 0.00000484. The number of aromatic nitrogens is 2. The van der Waals surface area contributed by atoms with Crippen molar-refractivity contribution >= 4 is 66.5 Å². The summed E-state index contributed by atoms with van der Waals surface area (Å²) >= 11 is 0. The van der Waals surface area contributed by atoms with Gasteiger partial charge < -0.3 is 23.5 Å². The Bertz CT molecular complexity index is 3410. The van der Waals surface area contributed by atoms with Crippen LogP contribution in [0.1, 0.15) is 54.2 Å². The minimum absolute atomic E-state index is 0. The van der Waals surface area contributed by atoms with Gasteiger partial charge in [0.15, 0.2) is 0 Å². The summed E-state index contributed by atoms with van der Waals surface area (Å²) in [5.41, 5.74) is 14.7. The van der Waals surface area contributed by atoms with E-state index < -0.39 is 0 Å². The molecule has 318 valence electrons. The van der Waals surface area contributed by atoms with E-state index in [1.807, 2.05) is 36.5 Å². The van der Waals surface area contributed by atoms with Crippen molar-refractivity contribution in [2.24, 2.45) is 0 Å². The number of para-hydroxylation sites is 1. The van der Waals surface area contributed by atoms with Crippen molar-refractivity contribution in [2.75, 3.05) is 9.80 Å². The predicted octanol–water partition coefficient (Wildman–Crippen LogP) is 14.7. The summed E-state index contributed by atoms with van der Waals surface area (Å²) in [6, 6.07) is 60.1.